The van der Waals surface area contributed by atoms with Crippen molar-refractivity contribution in [3.8, 4) is 22.3 Å². The Morgan fingerprint density at radius 1 is 0.500 bits per heavy atom. The summed E-state index contributed by atoms with van der Waals surface area (Å²) in [5.74, 6) is 2.65. The molecule has 254 valence electrons. The molecule has 0 heterocycles. The molecule has 0 N–H and O–H groups in total. The Kier molecular flexibility index (Phi) is 11.8. The van der Waals surface area contributed by atoms with Crippen LogP contribution >= 0.6 is 0 Å². The van der Waals surface area contributed by atoms with Gasteiger partial charge in [0.25, 0.3) is 0 Å². The standard InChI is InChI=1S/C48H54Si.Zr/c1-3-33-29-45-41(39-25-21-37(22-26-39)35-13-7-5-8-14-35)17-11-19-43(45)47(33)31-49-32-48-34(4-2)30-46-42(18-12-20-44(46)48)40-27-23-38(24-28-40)36-15-9-6-10-16-36;/h11-12,17-30,35-36,47-48H,3-10,13-16,31-32H2,1-2H3;. The minimum Gasteiger partial charge on any atom is -0.0626 e. The maximum atomic E-state index is 2.56. The van der Waals surface area contributed by atoms with E-state index in [9.17, 15) is 0 Å². The second kappa shape index (κ2) is 16.4. The summed E-state index contributed by atoms with van der Waals surface area (Å²) in [7, 11) is 0.948. The first-order chi connectivity index (χ1) is 24.2. The van der Waals surface area contributed by atoms with Crippen LogP contribution in [0.25, 0.3) is 34.4 Å². The molecule has 0 aromatic heterocycles. The van der Waals surface area contributed by atoms with Crippen LogP contribution in [0.4, 0.5) is 0 Å². The van der Waals surface area contributed by atoms with Crippen LogP contribution in [0.15, 0.2) is 96.1 Å². The van der Waals surface area contributed by atoms with Crippen molar-refractivity contribution in [1.82, 2.24) is 0 Å². The third-order valence-electron chi connectivity index (χ3n) is 12.7. The van der Waals surface area contributed by atoms with Gasteiger partial charge in [0.05, 0.1) is 0 Å². The van der Waals surface area contributed by atoms with Crippen LogP contribution in [-0.4, -0.2) is 9.52 Å². The zero-order valence-corrected chi connectivity index (χ0v) is 33.9. The monoisotopic (exact) mass is 748 g/mol. The molecular formula is C48H54SiZr. The van der Waals surface area contributed by atoms with Gasteiger partial charge in [-0.1, -0.05) is 173 Å². The van der Waals surface area contributed by atoms with Crippen LogP contribution in [0.1, 0.15) is 148 Å². The fourth-order valence-electron chi connectivity index (χ4n) is 9.86. The zero-order valence-electron chi connectivity index (χ0n) is 30.4. The molecule has 0 saturated heterocycles. The zero-order chi connectivity index (χ0) is 33.2. The largest absolute Gasteiger partial charge is 0.0626 e. The molecule has 0 bridgehead atoms. The van der Waals surface area contributed by atoms with E-state index >= 15 is 0 Å². The molecule has 4 aliphatic carbocycles. The van der Waals surface area contributed by atoms with Crippen LogP contribution in [-0.2, 0) is 26.2 Å². The van der Waals surface area contributed by atoms with Crippen molar-refractivity contribution in [2.24, 2.45) is 0 Å². The van der Waals surface area contributed by atoms with E-state index in [4.69, 9.17) is 0 Å². The molecule has 2 radical (unpaired) electrons. The molecule has 2 saturated carbocycles. The topological polar surface area (TPSA) is 0 Å². The van der Waals surface area contributed by atoms with E-state index in [1.807, 2.05) is 0 Å². The first-order valence-electron chi connectivity index (χ1n) is 19.8. The normalized spacial score (nSPS) is 20.5. The molecule has 8 rings (SSSR count). The minimum absolute atomic E-state index is 0. The van der Waals surface area contributed by atoms with Gasteiger partial charge >= 0.3 is 0 Å². The fraction of sp³-hybridized carbons (Fsp3) is 0.417. The minimum atomic E-state index is 0. The van der Waals surface area contributed by atoms with Crippen molar-refractivity contribution >= 4 is 21.7 Å². The Hall–Kier alpha value is -2.54. The molecule has 0 amide bonds. The summed E-state index contributed by atoms with van der Waals surface area (Å²) in [5, 5.41) is 0. The number of allylic oxidation sites excluding steroid dienone is 2. The average Bonchev–Trinajstić information content (AvgIpc) is 3.73. The van der Waals surface area contributed by atoms with Crippen LogP contribution in [0, 0.1) is 0 Å². The first kappa shape index (κ1) is 35.8. The maximum Gasteiger partial charge on any atom is 0.0397 e. The second-order valence-electron chi connectivity index (χ2n) is 15.4. The third kappa shape index (κ3) is 7.23. The number of fused-ring (bicyclic) bond motifs is 2. The van der Waals surface area contributed by atoms with Crippen LogP contribution in [0.2, 0.25) is 12.1 Å². The van der Waals surface area contributed by atoms with Gasteiger partial charge < -0.3 is 0 Å². The summed E-state index contributed by atoms with van der Waals surface area (Å²) in [4.78, 5) is 0. The summed E-state index contributed by atoms with van der Waals surface area (Å²) in [6, 6.07) is 36.1. The Morgan fingerprint density at radius 3 is 1.28 bits per heavy atom. The summed E-state index contributed by atoms with van der Waals surface area (Å²) >= 11 is 0. The van der Waals surface area contributed by atoms with Crippen LogP contribution in [0.3, 0.4) is 0 Å². The van der Waals surface area contributed by atoms with E-state index in [-0.39, 0.29) is 26.2 Å². The summed E-state index contributed by atoms with van der Waals surface area (Å²) in [6.45, 7) is 4.72. The maximum absolute atomic E-state index is 2.56. The van der Waals surface area contributed by atoms with Crippen molar-refractivity contribution in [2.45, 2.75) is 127 Å². The van der Waals surface area contributed by atoms with E-state index in [1.165, 1.54) is 110 Å². The Labute approximate surface area is 324 Å². The Balaban J connectivity index is 0.00000392. The predicted octanol–water partition coefficient (Wildman–Crippen LogP) is 14.1. The van der Waals surface area contributed by atoms with Gasteiger partial charge in [-0.3, -0.25) is 0 Å². The first-order valence-corrected chi connectivity index (χ1v) is 21.2. The van der Waals surface area contributed by atoms with Gasteiger partial charge in [-0.2, -0.15) is 0 Å². The van der Waals surface area contributed by atoms with Crippen molar-refractivity contribution in [1.29, 1.82) is 0 Å². The number of hydrogen-bond donors (Lipinski definition) is 0. The molecule has 4 aliphatic rings. The average molecular weight is 750 g/mol. The molecule has 2 fully saturated rings. The molecule has 2 unspecified atom stereocenters. The fourth-order valence-corrected chi connectivity index (χ4v) is 11.6. The van der Waals surface area contributed by atoms with Gasteiger partial charge in [-0.25, -0.2) is 0 Å². The number of rotatable bonds is 10. The van der Waals surface area contributed by atoms with Crippen molar-refractivity contribution < 1.29 is 26.2 Å². The molecular weight excluding hydrogens is 696 g/mol. The summed E-state index contributed by atoms with van der Waals surface area (Å²) in [5.41, 5.74) is 18.1. The summed E-state index contributed by atoms with van der Waals surface area (Å²) in [6.07, 6.45) is 21.3. The van der Waals surface area contributed by atoms with Gasteiger partial charge in [0.15, 0.2) is 0 Å². The van der Waals surface area contributed by atoms with Crippen LogP contribution in [0.5, 0.6) is 0 Å². The molecule has 0 aliphatic heterocycles. The summed E-state index contributed by atoms with van der Waals surface area (Å²) < 4.78 is 0. The second-order valence-corrected chi connectivity index (χ2v) is 16.8. The van der Waals surface area contributed by atoms with Crippen LogP contribution < -0.4 is 0 Å². The molecule has 4 aromatic rings. The van der Waals surface area contributed by atoms with E-state index < -0.39 is 0 Å². The molecule has 4 aromatic carbocycles. The number of benzene rings is 4. The third-order valence-corrected chi connectivity index (χ3v) is 14.1. The Morgan fingerprint density at radius 2 is 0.900 bits per heavy atom. The Bertz CT molecular complexity index is 1680. The molecule has 0 nitrogen and oxygen atoms in total. The predicted molar refractivity (Wildman–Crippen MR) is 213 cm³/mol. The molecule has 50 heavy (non-hydrogen) atoms. The molecule has 2 heteroatoms. The smallest absolute Gasteiger partial charge is 0.0397 e. The molecule has 2 atom stereocenters. The van der Waals surface area contributed by atoms with E-state index in [2.05, 4.69) is 111 Å². The van der Waals surface area contributed by atoms with Gasteiger partial charge in [0.1, 0.15) is 0 Å². The van der Waals surface area contributed by atoms with Gasteiger partial charge in [-0.05, 0) is 106 Å². The van der Waals surface area contributed by atoms with E-state index in [0.717, 1.165) is 34.2 Å². The van der Waals surface area contributed by atoms with Gasteiger partial charge in [0.2, 0.25) is 0 Å². The van der Waals surface area contributed by atoms with Crippen molar-refractivity contribution in [3.05, 3.63) is 129 Å². The van der Waals surface area contributed by atoms with E-state index in [1.54, 1.807) is 33.4 Å². The number of hydrogen-bond acceptors (Lipinski definition) is 0. The van der Waals surface area contributed by atoms with Gasteiger partial charge in [0, 0.05) is 47.6 Å². The van der Waals surface area contributed by atoms with Crippen molar-refractivity contribution in [3.63, 3.8) is 0 Å². The van der Waals surface area contributed by atoms with E-state index in [0.29, 0.717) is 11.8 Å². The van der Waals surface area contributed by atoms with Gasteiger partial charge in [-0.15, -0.1) is 0 Å². The molecule has 0 spiro atoms. The quantitative estimate of drug-likeness (QED) is 0.142. The van der Waals surface area contributed by atoms with Crippen molar-refractivity contribution in [2.75, 3.05) is 0 Å². The SMILES string of the molecule is CCC1=Cc2c(-c3ccc(C4CCCCC4)cc3)cccc2C1C[Si]CC1C(CC)=Cc2c(-c3ccc(C4CCCCC4)cc3)cccc21.[Zr].